The van der Waals surface area contributed by atoms with E-state index in [1.54, 1.807) is 24.5 Å². The molecule has 0 fully saturated rings. The molecule has 1 aromatic heterocycles. The molecule has 0 saturated carbocycles. The third kappa shape index (κ3) is 0.955. The van der Waals surface area contributed by atoms with Crippen molar-refractivity contribution in [2.45, 2.75) is 0 Å². The van der Waals surface area contributed by atoms with Gasteiger partial charge in [-0.05, 0) is 0 Å². The molecule has 1 nitrogen and oxygen atoms in total. The average Bonchev–Trinajstić information content (AvgIpc) is 1.90. The molecule has 0 amide bonds. The number of hydrogen-bond acceptors (Lipinski definition) is 1. The van der Waals surface area contributed by atoms with Crippen LogP contribution in [-0.2, 0) is 0 Å². The first-order chi connectivity index (χ1) is 3.93. The van der Waals surface area contributed by atoms with Gasteiger partial charge in [0.05, 0.1) is 0 Å². The summed E-state index contributed by atoms with van der Waals surface area (Å²) < 4.78 is 0. The van der Waals surface area contributed by atoms with E-state index in [1.165, 1.54) is 0 Å². The molecule has 0 aliphatic rings. The zero-order chi connectivity index (χ0) is 5.82. The molecule has 0 radical (unpaired) electrons. The Kier molecular flexibility index (Phi) is 1.45. The minimum absolute atomic E-state index is 0.715. The van der Waals surface area contributed by atoms with Crippen molar-refractivity contribution in [2.24, 2.45) is 0 Å². The zero-order valence-corrected chi connectivity index (χ0v) is 4.26. The van der Waals surface area contributed by atoms with Crippen molar-refractivity contribution in [3.63, 3.8) is 0 Å². The Bertz CT molecular complexity index is 195. The van der Waals surface area contributed by atoms with E-state index >= 15 is 0 Å². The Morgan fingerprint density at radius 2 is 2.50 bits per heavy atom. The molecule has 1 aromatic rings. The fraction of sp³-hybridized carbons (Fsp3) is 0. The molecule has 0 aromatic carbocycles. The van der Waals surface area contributed by atoms with E-state index in [9.17, 15) is 0 Å². The molecule has 0 saturated heterocycles. The van der Waals surface area contributed by atoms with E-state index in [4.69, 9.17) is 6.42 Å². The van der Waals surface area contributed by atoms with E-state index in [1.807, 2.05) is 0 Å². The Hall–Kier alpha value is -1.07. The van der Waals surface area contributed by atoms with E-state index in [0.717, 1.165) is 0 Å². The Labute approximate surface area is 48.4 Å². The summed E-state index contributed by atoms with van der Waals surface area (Å²) in [5.74, 6) is 2.21. The Balaban J connectivity index is 3.05. The van der Waals surface area contributed by atoms with Gasteiger partial charge < -0.3 is 0 Å². The third-order valence-corrected chi connectivity index (χ3v) is 0.806. The van der Waals surface area contributed by atoms with E-state index in [2.05, 4.69) is 10.9 Å². The molecule has 0 atom stereocenters. The molecule has 1 rings (SSSR count). The van der Waals surface area contributed by atoms with E-state index in [-0.39, 0.29) is 0 Å². The molecular formula is C7H4N+. The summed E-state index contributed by atoms with van der Waals surface area (Å²) in [6.45, 7) is 0. The van der Waals surface area contributed by atoms with Crippen LogP contribution >= 0.6 is 0 Å². The number of hydrogen-bond donors (Lipinski definition) is 0. The fourth-order valence-electron chi connectivity index (χ4n) is 0.437. The second-order valence-electron chi connectivity index (χ2n) is 1.37. The van der Waals surface area contributed by atoms with Gasteiger partial charge in [0.2, 0.25) is 0 Å². The fourth-order valence-corrected chi connectivity index (χ4v) is 0.437. The molecule has 1 heterocycles. The molecule has 1 heteroatoms. The molecule has 8 heavy (non-hydrogen) atoms. The molecule has 0 aliphatic heterocycles. The zero-order valence-electron chi connectivity index (χ0n) is 4.26. The van der Waals surface area contributed by atoms with Gasteiger partial charge in [-0.25, -0.2) is 0 Å². The van der Waals surface area contributed by atoms with Crippen molar-refractivity contribution in [3.8, 4) is 5.92 Å². The summed E-state index contributed by atoms with van der Waals surface area (Å²) in [5.41, 5.74) is 0.715. The topological polar surface area (TPSA) is 12.9 Å². The first-order valence-corrected chi connectivity index (χ1v) is 2.26. The van der Waals surface area contributed by atoms with Crippen LogP contribution in [-0.4, -0.2) is 4.98 Å². The average molecular weight is 102 g/mol. The summed E-state index contributed by atoms with van der Waals surface area (Å²) in [7, 11) is 0. The van der Waals surface area contributed by atoms with Gasteiger partial charge in [-0.1, -0.05) is 0 Å². The summed E-state index contributed by atoms with van der Waals surface area (Å²) in [6, 6.07) is 3.55. The Morgan fingerprint density at radius 1 is 1.62 bits per heavy atom. The molecule has 0 aliphatic carbocycles. The van der Waals surface area contributed by atoms with Gasteiger partial charge in [0, 0.05) is 0 Å². The van der Waals surface area contributed by atoms with Crippen LogP contribution in [0.3, 0.4) is 0 Å². The number of rotatable bonds is 0. The van der Waals surface area contributed by atoms with Crippen LogP contribution in [0.15, 0.2) is 24.5 Å². The van der Waals surface area contributed by atoms with Crippen LogP contribution in [0.25, 0.3) is 0 Å². The number of nitrogens with zero attached hydrogens (tertiary/aromatic N) is 1. The first-order valence-electron chi connectivity index (χ1n) is 2.26. The molecule has 0 N–H and O–H groups in total. The van der Waals surface area contributed by atoms with Crippen LogP contribution in [0.1, 0.15) is 5.56 Å². The van der Waals surface area contributed by atoms with Gasteiger partial charge in [0.25, 0.3) is 0 Å². The van der Waals surface area contributed by atoms with Crippen molar-refractivity contribution in [1.82, 2.24) is 4.98 Å². The standard InChI is InChI=1S/C7H4N/c1-2-7-4-3-5-8-6-7/h3-6H/q+1. The molecule has 0 spiro atoms. The van der Waals surface area contributed by atoms with Crippen LogP contribution in [0.5, 0.6) is 0 Å². The maximum absolute atomic E-state index is 6.65. The van der Waals surface area contributed by atoms with Gasteiger partial charge in [-0.2, -0.15) is 0 Å². The molecule has 0 unspecified atom stereocenters. The van der Waals surface area contributed by atoms with Crippen molar-refractivity contribution >= 4 is 0 Å². The molecule has 0 bridgehead atoms. The molecular weight excluding hydrogens is 98.1 g/mol. The van der Waals surface area contributed by atoms with Gasteiger partial charge in [-0.3, -0.25) is 0 Å². The van der Waals surface area contributed by atoms with E-state index < -0.39 is 0 Å². The van der Waals surface area contributed by atoms with Gasteiger partial charge in [0.1, 0.15) is 0 Å². The van der Waals surface area contributed by atoms with E-state index in [0.29, 0.717) is 5.56 Å². The Morgan fingerprint density at radius 3 is 2.88 bits per heavy atom. The third-order valence-electron chi connectivity index (χ3n) is 0.806. The van der Waals surface area contributed by atoms with Crippen LogP contribution < -0.4 is 0 Å². The van der Waals surface area contributed by atoms with Crippen molar-refractivity contribution in [1.29, 1.82) is 0 Å². The normalized spacial score (nSPS) is 8.25. The summed E-state index contributed by atoms with van der Waals surface area (Å²) in [6.07, 6.45) is 9.91. The van der Waals surface area contributed by atoms with Crippen molar-refractivity contribution < 1.29 is 0 Å². The summed E-state index contributed by atoms with van der Waals surface area (Å²) >= 11 is 0. The summed E-state index contributed by atoms with van der Waals surface area (Å²) in [5, 5.41) is 0. The minimum atomic E-state index is 0.715. The second-order valence-corrected chi connectivity index (χ2v) is 1.37. The predicted molar refractivity (Wildman–Crippen MR) is 30.5 cm³/mol. The second kappa shape index (κ2) is 2.29. The quantitative estimate of drug-likeness (QED) is 0.352. The summed E-state index contributed by atoms with van der Waals surface area (Å²) in [4.78, 5) is 3.77. The number of pyridine rings is 1. The monoisotopic (exact) mass is 102 g/mol. The van der Waals surface area contributed by atoms with Crippen LogP contribution in [0.2, 0.25) is 0 Å². The maximum atomic E-state index is 6.65. The predicted octanol–water partition coefficient (Wildman–Crippen LogP) is 1.02. The first kappa shape index (κ1) is 5.07. The van der Waals surface area contributed by atoms with Crippen LogP contribution in [0.4, 0.5) is 0 Å². The van der Waals surface area contributed by atoms with Gasteiger partial charge >= 0.3 is 47.4 Å². The number of aromatic nitrogens is 1. The van der Waals surface area contributed by atoms with Crippen molar-refractivity contribution in [3.05, 3.63) is 36.5 Å². The van der Waals surface area contributed by atoms with Crippen LogP contribution in [0, 0.1) is 12.3 Å². The SMILES string of the molecule is [C+]#Cc1cccnc1. The molecule has 36 valence electrons. The van der Waals surface area contributed by atoms with Gasteiger partial charge in [-0.15, -0.1) is 0 Å². The van der Waals surface area contributed by atoms with Gasteiger partial charge in [0.15, 0.2) is 0 Å². The van der Waals surface area contributed by atoms with Crippen molar-refractivity contribution in [2.75, 3.05) is 0 Å².